The van der Waals surface area contributed by atoms with Crippen LogP contribution in [0.3, 0.4) is 0 Å². The largest absolute Gasteiger partial charge is 0.466 e. The number of carbonyl (C=O) groups excluding carboxylic acids is 1. The molecule has 0 fully saturated rings. The van der Waals surface area contributed by atoms with Crippen LogP contribution in [-0.2, 0) is 16.0 Å². The van der Waals surface area contributed by atoms with E-state index in [4.69, 9.17) is 4.74 Å². The summed E-state index contributed by atoms with van der Waals surface area (Å²) in [5, 5.41) is 0. The molecule has 0 aromatic carbocycles. The molecule has 3 nitrogen and oxygen atoms in total. The lowest BCUT2D eigenvalue weighted by atomic mass is 10.2. The van der Waals surface area contributed by atoms with E-state index in [2.05, 4.69) is 20.9 Å². The highest BCUT2D eigenvalue weighted by Crippen LogP contribution is 2.27. The van der Waals surface area contributed by atoms with Crippen LogP contribution in [0.4, 0.5) is 8.78 Å². The fourth-order valence-corrected chi connectivity index (χ4v) is 2.34. The molecule has 0 aliphatic carbocycles. The number of carbonyl (C=O) groups is 1. The number of aromatic nitrogens is 1. The van der Waals surface area contributed by atoms with Crippen LogP contribution < -0.4 is 0 Å². The van der Waals surface area contributed by atoms with Gasteiger partial charge in [-0.15, -0.1) is 0 Å². The molecule has 1 aromatic heterocycles. The summed E-state index contributed by atoms with van der Waals surface area (Å²) in [5.41, 5.74) is 0.252. The van der Waals surface area contributed by atoms with Gasteiger partial charge in [-0.3, -0.25) is 4.79 Å². The van der Waals surface area contributed by atoms with E-state index < -0.39 is 12.4 Å². The van der Waals surface area contributed by atoms with Crippen LogP contribution in [0.5, 0.6) is 0 Å². The van der Waals surface area contributed by atoms with E-state index in [-0.39, 0.29) is 23.3 Å². The molecule has 0 saturated carbocycles. The van der Waals surface area contributed by atoms with Crippen molar-refractivity contribution in [2.45, 2.75) is 19.8 Å². The average Bonchev–Trinajstić information content (AvgIpc) is 2.22. The molecule has 0 unspecified atom stereocenters. The molecule has 1 heterocycles. The second-order valence-corrected chi connectivity index (χ2v) is 5.00. The molecule has 94 valence electrons. The summed E-state index contributed by atoms with van der Waals surface area (Å²) in [7, 11) is 0. The molecule has 0 aliphatic heterocycles. The summed E-state index contributed by atoms with van der Waals surface area (Å²) in [6.07, 6.45) is -2.61. The maximum absolute atomic E-state index is 12.5. The van der Waals surface area contributed by atoms with Gasteiger partial charge in [-0.25, -0.2) is 13.8 Å². The van der Waals surface area contributed by atoms with Crippen molar-refractivity contribution in [2.75, 3.05) is 6.61 Å². The van der Waals surface area contributed by atoms with Gasteiger partial charge in [0, 0.05) is 3.57 Å². The van der Waals surface area contributed by atoms with Crippen LogP contribution in [0.1, 0.15) is 24.6 Å². The molecule has 0 bridgehead atoms. The topological polar surface area (TPSA) is 39.2 Å². The van der Waals surface area contributed by atoms with Gasteiger partial charge in [-0.1, -0.05) is 0 Å². The first-order valence-electron chi connectivity index (χ1n) is 4.74. The molecule has 0 aliphatic rings. The molecule has 0 amide bonds. The van der Waals surface area contributed by atoms with Crippen molar-refractivity contribution >= 4 is 44.5 Å². The highest BCUT2D eigenvalue weighted by Gasteiger charge is 2.17. The minimum atomic E-state index is -2.63. The summed E-state index contributed by atoms with van der Waals surface area (Å²) >= 11 is 4.84. The zero-order chi connectivity index (χ0) is 13.0. The zero-order valence-electron chi connectivity index (χ0n) is 8.84. The van der Waals surface area contributed by atoms with E-state index >= 15 is 0 Å². The Hall–Kier alpha value is -0.310. The van der Waals surface area contributed by atoms with Crippen molar-refractivity contribution in [2.24, 2.45) is 0 Å². The van der Waals surface area contributed by atoms with E-state index in [9.17, 15) is 13.6 Å². The molecule has 0 atom stereocenters. The van der Waals surface area contributed by atoms with Gasteiger partial charge in [-0.2, -0.15) is 0 Å². The number of alkyl halides is 2. The number of nitrogens with zero attached hydrogens (tertiary/aromatic N) is 1. The lowest BCUT2D eigenvalue weighted by Gasteiger charge is -2.08. The Morgan fingerprint density at radius 2 is 2.29 bits per heavy atom. The van der Waals surface area contributed by atoms with Gasteiger partial charge in [0.25, 0.3) is 6.43 Å². The quantitative estimate of drug-likeness (QED) is 0.426. The molecule has 7 heteroatoms. The molecule has 17 heavy (non-hydrogen) atoms. The second-order valence-electron chi connectivity index (χ2n) is 3.09. The SMILES string of the molecule is CCOC(=O)Cc1cc(I)c(C(F)F)nc1Br. The van der Waals surface area contributed by atoms with E-state index in [1.165, 1.54) is 6.07 Å². The minimum absolute atomic E-state index is 0.0148. The van der Waals surface area contributed by atoms with Crippen LogP contribution in [0.25, 0.3) is 0 Å². The van der Waals surface area contributed by atoms with Gasteiger partial charge in [0.05, 0.1) is 13.0 Å². The molecular weight excluding hydrogens is 411 g/mol. The van der Waals surface area contributed by atoms with Crippen LogP contribution >= 0.6 is 38.5 Å². The van der Waals surface area contributed by atoms with Crippen molar-refractivity contribution in [3.63, 3.8) is 0 Å². The number of ether oxygens (including phenoxy) is 1. The lowest BCUT2D eigenvalue weighted by molar-refractivity contribution is -0.142. The highest BCUT2D eigenvalue weighted by atomic mass is 127. The molecular formula is C10H9BrF2INO2. The summed E-state index contributed by atoms with van der Waals surface area (Å²) in [4.78, 5) is 15.0. The highest BCUT2D eigenvalue weighted by molar-refractivity contribution is 14.1. The van der Waals surface area contributed by atoms with E-state index in [0.29, 0.717) is 9.13 Å². The van der Waals surface area contributed by atoms with Crippen molar-refractivity contribution in [3.8, 4) is 0 Å². The maximum Gasteiger partial charge on any atom is 0.310 e. The minimum Gasteiger partial charge on any atom is -0.466 e. The Kier molecular flexibility index (Phi) is 5.71. The van der Waals surface area contributed by atoms with Crippen molar-refractivity contribution < 1.29 is 18.3 Å². The Balaban J connectivity index is 2.95. The van der Waals surface area contributed by atoms with Crippen LogP contribution in [-0.4, -0.2) is 17.6 Å². The molecule has 0 spiro atoms. The van der Waals surface area contributed by atoms with E-state index in [1.807, 2.05) is 0 Å². The Bertz CT molecular complexity index is 429. The third kappa shape index (κ3) is 4.13. The molecule has 1 rings (SSSR count). The lowest BCUT2D eigenvalue weighted by Crippen LogP contribution is -2.09. The van der Waals surface area contributed by atoms with Crippen molar-refractivity contribution in [1.82, 2.24) is 4.98 Å². The number of halogens is 4. The molecule has 0 N–H and O–H groups in total. The van der Waals surface area contributed by atoms with E-state index in [0.717, 1.165) is 0 Å². The van der Waals surface area contributed by atoms with Gasteiger partial charge in [0.15, 0.2) is 0 Å². The third-order valence-corrected chi connectivity index (χ3v) is 3.43. The first-order chi connectivity index (χ1) is 7.95. The second kappa shape index (κ2) is 6.58. The fraction of sp³-hybridized carbons (Fsp3) is 0.400. The van der Waals surface area contributed by atoms with Gasteiger partial charge < -0.3 is 4.74 Å². The maximum atomic E-state index is 12.5. The predicted octanol–water partition coefficient (Wildman–Crippen LogP) is 3.49. The summed E-state index contributed by atoms with van der Waals surface area (Å²) in [5.74, 6) is -0.407. The smallest absolute Gasteiger partial charge is 0.310 e. The summed E-state index contributed by atoms with van der Waals surface area (Å²) in [6, 6.07) is 1.51. The average molecular weight is 420 g/mol. The number of hydrogen-bond acceptors (Lipinski definition) is 3. The summed E-state index contributed by atoms with van der Waals surface area (Å²) in [6.45, 7) is 1.99. The van der Waals surface area contributed by atoms with Crippen LogP contribution in [0.15, 0.2) is 10.7 Å². The molecule has 1 aromatic rings. The zero-order valence-corrected chi connectivity index (χ0v) is 12.6. The van der Waals surface area contributed by atoms with Crippen LogP contribution in [0, 0.1) is 3.57 Å². The first-order valence-corrected chi connectivity index (χ1v) is 6.61. The summed E-state index contributed by atoms with van der Waals surface area (Å²) < 4.78 is 30.5. The van der Waals surface area contributed by atoms with Gasteiger partial charge >= 0.3 is 5.97 Å². The normalized spacial score (nSPS) is 10.7. The number of esters is 1. The molecule has 0 saturated heterocycles. The Morgan fingerprint density at radius 3 is 2.82 bits per heavy atom. The Morgan fingerprint density at radius 1 is 1.65 bits per heavy atom. The third-order valence-electron chi connectivity index (χ3n) is 1.88. The van der Waals surface area contributed by atoms with Crippen molar-refractivity contribution in [1.29, 1.82) is 0 Å². The van der Waals surface area contributed by atoms with Crippen LogP contribution in [0.2, 0.25) is 0 Å². The van der Waals surface area contributed by atoms with Gasteiger partial charge in [0.2, 0.25) is 0 Å². The van der Waals surface area contributed by atoms with E-state index in [1.54, 1.807) is 29.5 Å². The van der Waals surface area contributed by atoms with Gasteiger partial charge in [0.1, 0.15) is 10.3 Å². The first kappa shape index (κ1) is 14.7. The predicted molar refractivity (Wildman–Crippen MR) is 69.9 cm³/mol. The molecule has 0 radical (unpaired) electrons. The number of rotatable bonds is 4. The number of pyridine rings is 1. The monoisotopic (exact) mass is 419 g/mol. The van der Waals surface area contributed by atoms with Gasteiger partial charge in [-0.05, 0) is 57.1 Å². The fourth-order valence-electron chi connectivity index (χ4n) is 1.16. The van der Waals surface area contributed by atoms with Crippen molar-refractivity contribution in [3.05, 3.63) is 25.5 Å². The number of hydrogen-bond donors (Lipinski definition) is 0. The standard InChI is InChI=1S/C10H9BrF2INO2/c1-2-17-7(16)4-5-3-6(14)8(10(12)13)15-9(5)11/h3,10H,2,4H2,1H3. The Labute approximate surface area is 119 Å².